The van der Waals surface area contributed by atoms with Crippen molar-refractivity contribution in [2.45, 2.75) is 30.5 Å². The normalized spacial score (nSPS) is 15.2. The van der Waals surface area contributed by atoms with Crippen LogP contribution in [0.2, 0.25) is 0 Å². The maximum Gasteiger partial charge on any atom is 0.229 e. The Kier molecular flexibility index (Phi) is 4.77. The Labute approximate surface area is 124 Å². The maximum atomic E-state index is 11.4. The van der Waals surface area contributed by atoms with E-state index in [0.29, 0.717) is 25.1 Å². The van der Waals surface area contributed by atoms with Crippen molar-refractivity contribution >= 4 is 40.8 Å². The molecule has 6 nitrogen and oxygen atoms in total. The van der Waals surface area contributed by atoms with Crippen LogP contribution < -0.4 is 5.73 Å². The molecule has 1 aliphatic heterocycles. The summed E-state index contributed by atoms with van der Waals surface area (Å²) in [6, 6.07) is 0. The third kappa shape index (κ3) is 3.57. The van der Waals surface area contributed by atoms with E-state index >= 15 is 0 Å². The van der Waals surface area contributed by atoms with Crippen molar-refractivity contribution in [1.82, 2.24) is 9.88 Å². The second kappa shape index (κ2) is 6.36. The molecule has 0 atom stereocenters. The largest absolute Gasteiger partial charge is 0.369 e. The lowest BCUT2D eigenvalue weighted by atomic mass is 10.3. The second-order valence-corrected chi connectivity index (χ2v) is 6.84. The number of nitrogens with two attached hydrogens (primary N) is 1. The fraction of sp³-hybridized carbons (Fsp3) is 0.500. The third-order valence-electron chi connectivity index (χ3n) is 2.90. The van der Waals surface area contributed by atoms with Gasteiger partial charge in [-0.2, -0.15) is 0 Å². The van der Waals surface area contributed by atoms with Gasteiger partial charge < -0.3 is 5.73 Å². The quantitative estimate of drug-likeness (QED) is 0.617. The summed E-state index contributed by atoms with van der Waals surface area (Å²) in [5.74, 6) is 0.0442. The van der Waals surface area contributed by atoms with Crippen molar-refractivity contribution in [1.29, 1.82) is 0 Å². The van der Waals surface area contributed by atoms with Crippen molar-refractivity contribution in [3.63, 3.8) is 0 Å². The first-order valence-corrected chi connectivity index (χ1v) is 7.98. The van der Waals surface area contributed by atoms with Gasteiger partial charge in [-0.1, -0.05) is 11.8 Å². The van der Waals surface area contributed by atoms with E-state index in [2.05, 4.69) is 4.98 Å². The van der Waals surface area contributed by atoms with Crippen molar-refractivity contribution in [2.75, 3.05) is 12.3 Å². The summed E-state index contributed by atoms with van der Waals surface area (Å²) in [5, 5.41) is 0. The molecular formula is C12H15N3O3S2. The number of primary amides is 1. The molecular weight excluding hydrogens is 298 g/mol. The summed E-state index contributed by atoms with van der Waals surface area (Å²) in [7, 11) is 0. The molecule has 108 valence electrons. The van der Waals surface area contributed by atoms with E-state index in [0.717, 1.165) is 14.9 Å². The number of amides is 3. The number of carbonyl (C=O) groups excluding carboxylic acids is 3. The number of carbonyl (C=O) groups is 3. The molecule has 0 bridgehead atoms. The molecule has 1 fully saturated rings. The molecule has 1 aromatic rings. The number of imide groups is 1. The van der Waals surface area contributed by atoms with Crippen LogP contribution in [0.25, 0.3) is 0 Å². The van der Waals surface area contributed by atoms with Gasteiger partial charge in [0.05, 0.1) is 12.1 Å². The molecule has 0 spiro atoms. The zero-order valence-electron chi connectivity index (χ0n) is 11.0. The number of aryl methyl sites for hydroxylation is 1. The topological polar surface area (TPSA) is 93.4 Å². The Bertz CT molecular complexity index is 540. The number of thioether (sulfide) groups is 1. The Morgan fingerprint density at radius 2 is 2.05 bits per heavy atom. The summed E-state index contributed by atoms with van der Waals surface area (Å²) in [6.45, 7) is 2.25. The number of nitrogens with zero attached hydrogens (tertiary/aromatic N) is 2. The van der Waals surface area contributed by atoms with E-state index in [1.165, 1.54) is 28.0 Å². The number of thiazole rings is 1. The number of likely N-dealkylation sites (tertiary alicyclic amines) is 1. The molecule has 1 aromatic heterocycles. The van der Waals surface area contributed by atoms with Gasteiger partial charge in [-0.05, 0) is 6.92 Å². The lowest BCUT2D eigenvalue weighted by Crippen LogP contribution is -2.31. The first-order chi connectivity index (χ1) is 9.47. The van der Waals surface area contributed by atoms with Gasteiger partial charge in [-0.3, -0.25) is 19.3 Å². The van der Waals surface area contributed by atoms with Crippen LogP contribution in [0.15, 0.2) is 4.34 Å². The number of hydrogen-bond acceptors (Lipinski definition) is 6. The minimum Gasteiger partial charge on any atom is -0.369 e. The van der Waals surface area contributed by atoms with Crippen molar-refractivity contribution < 1.29 is 14.4 Å². The van der Waals surface area contributed by atoms with Gasteiger partial charge in [0.1, 0.15) is 4.34 Å². The summed E-state index contributed by atoms with van der Waals surface area (Å²) >= 11 is 2.92. The van der Waals surface area contributed by atoms with Crippen LogP contribution in [-0.2, 0) is 20.8 Å². The highest BCUT2D eigenvalue weighted by molar-refractivity contribution is 8.01. The molecule has 2 heterocycles. The Morgan fingerprint density at radius 1 is 1.40 bits per heavy atom. The average molecular weight is 313 g/mol. The van der Waals surface area contributed by atoms with E-state index in [-0.39, 0.29) is 24.1 Å². The number of hydrogen-bond donors (Lipinski definition) is 1. The van der Waals surface area contributed by atoms with Gasteiger partial charge in [0.25, 0.3) is 0 Å². The molecule has 1 aliphatic rings. The van der Waals surface area contributed by atoms with Crippen LogP contribution in [0.5, 0.6) is 0 Å². The highest BCUT2D eigenvalue weighted by atomic mass is 32.2. The fourth-order valence-corrected chi connectivity index (χ4v) is 4.12. The van der Waals surface area contributed by atoms with Crippen LogP contribution in [0, 0.1) is 6.92 Å². The van der Waals surface area contributed by atoms with E-state index in [1.54, 1.807) is 0 Å². The first kappa shape index (κ1) is 15.0. The van der Waals surface area contributed by atoms with Crippen molar-refractivity contribution in [3.8, 4) is 0 Å². The smallest absolute Gasteiger partial charge is 0.229 e. The Hall–Kier alpha value is -1.41. The zero-order valence-corrected chi connectivity index (χ0v) is 12.7. The monoisotopic (exact) mass is 313 g/mol. The maximum absolute atomic E-state index is 11.4. The molecule has 0 saturated carbocycles. The number of rotatable bonds is 6. The molecule has 0 radical (unpaired) electrons. The fourth-order valence-electron chi connectivity index (χ4n) is 1.88. The summed E-state index contributed by atoms with van der Waals surface area (Å²) < 4.78 is 0.831. The van der Waals surface area contributed by atoms with Crippen molar-refractivity contribution in [2.24, 2.45) is 5.73 Å². The van der Waals surface area contributed by atoms with Gasteiger partial charge in [0, 0.05) is 30.0 Å². The SMILES string of the molecule is Cc1nc(SCCN2C(=O)CCC2=O)sc1CC(N)=O. The first-order valence-electron chi connectivity index (χ1n) is 6.18. The molecule has 0 aliphatic carbocycles. The summed E-state index contributed by atoms with van der Waals surface area (Å²) in [6.07, 6.45) is 0.846. The molecule has 0 aromatic carbocycles. The lowest BCUT2D eigenvalue weighted by Gasteiger charge is -2.12. The Balaban J connectivity index is 1.87. The van der Waals surface area contributed by atoms with Crippen LogP contribution in [0.4, 0.5) is 0 Å². The highest BCUT2D eigenvalue weighted by Gasteiger charge is 2.28. The molecule has 3 amide bonds. The predicted octanol–water partition coefficient (Wildman–Crippen LogP) is 0.720. The van der Waals surface area contributed by atoms with E-state index in [9.17, 15) is 14.4 Å². The lowest BCUT2D eigenvalue weighted by molar-refractivity contribution is -0.138. The van der Waals surface area contributed by atoms with E-state index in [4.69, 9.17) is 5.73 Å². The van der Waals surface area contributed by atoms with Crippen LogP contribution in [0.1, 0.15) is 23.4 Å². The van der Waals surface area contributed by atoms with Gasteiger partial charge in [0.15, 0.2) is 0 Å². The molecule has 2 rings (SSSR count). The molecule has 0 unspecified atom stereocenters. The van der Waals surface area contributed by atoms with E-state index < -0.39 is 0 Å². The molecule has 1 saturated heterocycles. The summed E-state index contributed by atoms with van der Waals surface area (Å²) in [5.41, 5.74) is 5.98. The molecule has 2 N–H and O–H groups in total. The second-order valence-electron chi connectivity index (χ2n) is 4.42. The zero-order chi connectivity index (χ0) is 14.7. The number of aromatic nitrogens is 1. The minimum atomic E-state index is -0.374. The van der Waals surface area contributed by atoms with Gasteiger partial charge in [0.2, 0.25) is 17.7 Å². The van der Waals surface area contributed by atoms with Crippen LogP contribution >= 0.6 is 23.1 Å². The minimum absolute atomic E-state index is 0.0969. The average Bonchev–Trinajstić information content (AvgIpc) is 2.86. The third-order valence-corrected chi connectivity index (χ3v) is 5.18. The molecule has 8 heteroatoms. The van der Waals surface area contributed by atoms with Gasteiger partial charge >= 0.3 is 0 Å². The van der Waals surface area contributed by atoms with E-state index in [1.807, 2.05) is 6.92 Å². The van der Waals surface area contributed by atoms with Crippen LogP contribution in [-0.4, -0.2) is 39.9 Å². The summed E-state index contributed by atoms with van der Waals surface area (Å²) in [4.78, 5) is 40.3. The van der Waals surface area contributed by atoms with Gasteiger partial charge in [-0.15, -0.1) is 11.3 Å². The standard InChI is InChI=1S/C12H15N3O3S2/c1-7-8(6-9(13)16)20-12(14-7)19-5-4-15-10(17)2-3-11(15)18/h2-6H2,1H3,(H2,13,16). The predicted molar refractivity (Wildman–Crippen MR) is 76.4 cm³/mol. The molecule has 20 heavy (non-hydrogen) atoms. The van der Waals surface area contributed by atoms with Crippen molar-refractivity contribution in [3.05, 3.63) is 10.6 Å². The Morgan fingerprint density at radius 3 is 2.65 bits per heavy atom. The van der Waals surface area contributed by atoms with Crippen LogP contribution in [0.3, 0.4) is 0 Å². The highest BCUT2D eigenvalue weighted by Crippen LogP contribution is 2.27. The van der Waals surface area contributed by atoms with Gasteiger partial charge in [-0.25, -0.2) is 4.98 Å².